The van der Waals surface area contributed by atoms with Crippen LogP contribution in [-0.4, -0.2) is 73.4 Å². The van der Waals surface area contributed by atoms with Crippen LogP contribution in [0.25, 0.3) is 0 Å². The maximum absolute atomic E-state index is 13.0. The fourth-order valence-corrected chi connectivity index (χ4v) is 9.91. The number of phosphoric ester groups is 1. The third-order valence-corrected chi connectivity index (χ3v) is 15.0. The van der Waals surface area contributed by atoms with Crippen LogP contribution in [0.2, 0.25) is 0 Å². The molecule has 9 heteroatoms. The lowest BCUT2D eigenvalue weighted by molar-refractivity contribution is -0.870. The summed E-state index contributed by atoms with van der Waals surface area (Å²) in [5.41, 5.74) is 0. The molecule has 0 fully saturated rings. The van der Waals surface area contributed by atoms with E-state index in [1.165, 1.54) is 212 Å². The van der Waals surface area contributed by atoms with Crippen LogP contribution >= 0.6 is 7.82 Å². The molecule has 3 N–H and O–H groups in total. The summed E-state index contributed by atoms with van der Waals surface area (Å²) in [4.78, 5) is 23.3. The first kappa shape index (κ1) is 70.5. The van der Waals surface area contributed by atoms with Crippen molar-refractivity contribution in [1.29, 1.82) is 0 Å². The van der Waals surface area contributed by atoms with E-state index in [-0.39, 0.29) is 19.1 Å². The number of nitrogens with one attached hydrogen (secondary N) is 1. The van der Waals surface area contributed by atoms with E-state index in [1.54, 1.807) is 6.08 Å². The average molecular weight is 1030 g/mol. The lowest BCUT2D eigenvalue weighted by Gasteiger charge is -2.25. The Morgan fingerprint density at radius 1 is 0.472 bits per heavy atom. The zero-order valence-electron chi connectivity index (χ0n) is 48.4. The van der Waals surface area contributed by atoms with Gasteiger partial charge in [-0.1, -0.05) is 281 Å². The Morgan fingerprint density at radius 2 is 0.792 bits per heavy atom. The average Bonchev–Trinajstić information content (AvgIpc) is 3.34. The van der Waals surface area contributed by atoms with Gasteiger partial charge in [0.25, 0.3) is 0 Å². The van der Waals surface area contributed by atoms with Gasteiger partial charge >= 0.3 is 7.82 Å². The predicted octanol–water partition coefficient (Wildman–Crippen LogP) is 19.1. The molecule has 0 rings (SSSR count). The quantitative estimate of drug-likeness (QED) is 0.0243. The molecule has 3 unspecified atom stereocenters. The highest BCUT2D eigenvalue weighted by molar-refractivity contribution is 7.47. The monoisotopic (exact) mass is 1030 g/mol. The van der Waals surface area contributed by atoms with E-state index in [2.05, 4.69) is 55.6 Å². The van der Waals surface area contributed by atoms with Gasteiger partial charge in [-0.05, 0) is 57.8 Å². The van der Waals surface area contributed by atoms with Gasteiger partial charge < -0.3 is 19.8 Å². The van der Waals surface area contributed by atoms with Gasteiger partial charge in [-0.15, -0.1) is 0 Å². The van der Waals surface area contributed by atoms with Gasteiger partial charge in [0.05, 0.1) is 39.9 Å². The van der Waals surface area contributed by atoms with Crippen LogP contribution in [-0.2, 0) is 18.4 Å². The summed E-state index contributed by atoms with van der Waals surface area (Å²) >= 11 is 0. The molecule has 0 aromatic carbocycles. The zero-order chi connectivity index (χ0) is 52.7. The van der Waals surface area contributed by atoms with E-state index in [1.807, 2.05) is 27.2 Å². The van der Waals surface area contributed by atoms with E-state index < -0.39 is 20.0 Å². The number of carbonyl (C=O) groups is 1. The Hall–Kier alpha value is -1.54. The second-order valence-electron chi connectivity index (χ2n) is 22.4. The van der Waals surface area contributed by atoms with E-state index in [4.69, 9.17) is 9.05 Å². The Bertz CT molecular complexity index is 1310. The number of hydrogen-bond acceptors (Lipinski definition) is 5. The molecule has 0 aliphatic rings. The minimum atomic E-state index is -4.35. The summed E-state index contributed by atoms with van der Waals surface area (Å²) in [5, 5.41) is 14.0. The number of likely N-dealkylation sites (N-methyl/N-ethyl adjacent to an activating group) is 1. The van der Waals surface area contributed by atoms with Crippen molar-refractivity contribution >= 4 is 13.7 Å². The summed E-state index contributed by atoms with van der Waals surface area (Å²) in [5.74, 6) is -0.187. The van der Waals surface area contributed by atoms with Gasteiger partial charge in [0.2, 0.25) is 5.91 Å². The van der Waals surface area contributed by atoms with Crippen molar-refractivity contribution in [2.45, 2.75) is 309 Å². The molecule has 3 atom stereocenters. The highest BCUT2D eigenvalue weighted by atomic mass is 31.2. The summed E-state index contributed by atoms with van der Waals surface area (Å²) < 4.78 is 23.7. The summed E-state index contributed by atoms with van der Waals surface area (Å²) in [7, 11) is 1.57. The maximum atomic E-state index is 13.0. The smallest absolute Gasteiger partial charge is 0.387 e. The third kappa shape index (κ3) is 56.2. The fourth-order valence-electron chi connectivity index (χ4n) is 9.17. The van der Waals surface area contributed by atoms with E-state index in [0.717, 1.165) is 64.2 Å². The molecule has 0 heterocycles. The number of nitrogens with zero attached hydrogens (tertiary/aromatic N) is 1. The SMILES string of the molecule is CCCCCCC/C=C\C/C=C\C/C=C\CCCCCCCCC(=O)NC(COP(=O)(O)OCC[N+](C)(C)C)C(O)/C=C/CCCCCCCCCCCCCCCCCCCCCCCCCCCCC. The van der Waals surface area contributed by atoms with E-state index in [9.17, 15) is 19.4 Å². The van der Waals surface area contributed by atoms with E-state index >= 15 is 0 Å². The summed E-state index contributed by atoms with van der Waals surface area (Å²) in [6.45, 7) is 4.83. The molecule has 0 radical (unpaired) electrons. The van der Waals surface area contributed by atoms with Crippen molar-refractivity contribution in [3.05, 3.63) is 48.6 Å². The van der Waals surface area contributed by atoms with Gasteiger partial charge in [0.15, 0.2) is 0 Å². The molecule has 0 aromatic rings. The van der Waals surface area contributed by atoms with Gasteiger partial charge in [-0.2, -0.15) is 0 Å². The largest absolute Gasteiger partial charge is 0.472 e. The van der Waals surface area contributed by atoms with Crippen molar-refractivity contribution < 1.29 is 32.9 Å². The standard InChI is InChI=1S/C63H121N2O6P/c1-6-8-10-12-14-16-18-20-22-24-26-28-29-30-31-32-33-34-35-37-38-40-42-44-46-48-50-52-54-56-62(66)61(60-71-72(68,69)70-59-58-65(3,4)5)64-63(67)57-55-53-51-49-47-45-43-41-39-36-27-25-23-21-19-17-15-13-11-9-7-2/h19,21,25,27,39,41,54,56,61-62,66H,6-18,20,22-24,26,28-38,40,42-53,55,57-60H2,1-5H3,(H-,64,67,68,69)/p+1/b21-19-,27-25-,41-39-,56-54+. The van der Waals surface area contributed by atoms with Crippen molar-refractivity contribution in [3.8, 4) is 0 Å². The lowest BCUT2D eigenvalue weighted by atomic mass is 10.0. The fraction of sp³-hybridized carbons (Fsp3) is 0.857. The molecule has 0 bridgehead atoms. The molecule has 72 heavy (non-hydrogen) atoms. The van der Waals surface area contributed by atoms with Crippen LogP contribution in [0.3, 0.4) is 0 Å². The van der Waals surface area contributed by atoms with Crippen molar-refractivity contribution in [1.82, 2.24) is 5.32 Å². The van der Waals surface area contributed by atoms with Crippen LogP contribution in [0, 0.1) is 0 Å². The van der Waals surface area contributed by atoms with Crippen LogP contribution in [0.4, 0.5) is 0 Å². The van der Waals surface area contributed by atoms with Crippen molar-refractivity contribution in [2.24, 2.45) is 0 Å². The molecule has 0 saturated carbocycles. The summed E-state index contributed by atoms with van der Waals surface area (Å²) in [6, 6.07) is -0.856. The molecule has 424 valence electrons. The molecule has 8 nitrogen and oxygen atoms in total. The van der Waals surface area contributed by atoms with E-state index in [0.29, 0.717) is 17.4 Å². The lowest BCUT2D eigenvalue weighted by Crippen LogP contribution is -2.45. The number of carbonyl (C=O) groups excluding carboxylic acids is 1. The number of rotatable bonds is 57. The van der Waals surface area contributed by atoms with Crippen LogP contribution in [0.5, 0.6) is 0 Å². The van der Waals surface area contributed by atoms with Crippen molar-refractivity contribution in [2.75, 3.05) is 40.9 Å². The number of hydrogen-bond donors (Lipinski definition) is 3. The Balaban J connectivity index is 4.17. The van der Waals surface area contributed by atoms with Crippen LogP contribution in [0.1, 0.15) is 296 Å². The van der Waals surface area contributed by atoms with Crippen LogP contribution < -0.4 is 5.32 Å². The number of quaternary nitrogens is 1. The molecular formula is C63H122N2O6P+. The topological polar surface area (TPSA) is 105 Å². The minimum Gasteiger partial charge on any atom is -0.387 e. The second-order valence-corrected chi connectivity index (χ2v) is 23.9. The molecule has 0 aromatic heterocycles. The number of unbranched alkanes of at least 4 members (excludes halogenated alkanes) is 38. The Morgan fingerprint density at radius 3 is 1.15 bits per heavy atom. The van der Waals surface area contributed by atoms with Crippen LogP contribution in [0.15, 0.2) is 48.6 Å². The molecular weight excluding hydrogens is 912 g/mol. The third-order valence-electron chi connectivity index (χ3n) is 14.0. The van der Waals surface area contributed by atoms with Gasteiger partial charge in [0, 0.05) is 6.42 Å². The maximum Gasteiger partial charge on any atom is 0.472 e. The number of allylic oxidation sites excluding steroid dienone is 7. The first-order valence-corrected chi connectivity index (χ1v) is 32.5. The molecule has 0 spiro atoms. The minimum absolute atomic E-state index is 0.0579. The zero-order valence-corrected chi connectivity index (χ0v) is 49.3. The number of amides is 1. The number of aliphatic hydroxyl groups excluding tert-OH is 1. The van der Waals surface area contributed by atoms with Gasteiger partial charge in [-0.25, -0.2) is 4.57 Å². The van der Waals surface area contributed by atoms with Gasteiger partial charge in [0.1, 0.15) is 13.2 Å². The molecule has 0 saturated heterocycles. The number of aliphatic hydroxyl groups is 1. The first-order valence-electron chi connectivity index (χ1n) is 31.0. The molecule has 0 aliphatic heterocycles. The Kier molecular flexibility index (Phi) is 53.1. The summed E-state index contributed by atoms with van der Waals surface area (Å²) in [6.07, 6.45) is 72.3. The number of phosphoric acid groups is 1. The van der Waals surface area contributed by atoms with Gasteiger partial charge in [-0.3, -0.25) is 13.8 Å². The molecule has 0 aliphatic carbocycles. The first-order chi connectivity index (χ1) is 35.0. The molecule has 1 amide bonds. The Labute approximate surface area is 448 Å². The predicted molar refractivity (Wildman–Crippen MR) is 314 cm³/mol. The normalized spacial score (nSPS) is 14.2. The highest BCUT2D eigenvalue weighted by Gasteiger charge is 2.27. The highest BCUT2D eigenvalue weighted by Crippen LogP contribution is 2.43. The van der Waals surface area contributed by atoms with Crippen molar-refractivity contribution in [3.63, 3.8) is 0 Å². The second kappa shape index (κ2) is 54.3.